The summed E-state index contributed by atoms with van der Waals surface area (Å²) in [5, 5.41) is 18.7. The summed E-state index contributed by atoms with van der Waals surface area (Å²) in [4.78, 5) is 0. The van der Waals surface area contributed by atoms with Crippen molar-refractivity contribution in [2.24, 2.45) is 5.92 Å². The first-order valence-corrected chi connectivity index (χ1v) is 6.17. The van der Waals surface area contributed by atoms with Crippen molar-refractivity contribution in [1.82, 2.24) is 0 Å². The number of hydrogen-bond acceptors (Lipinski definition) is 3. The van der Waals surface area contributed by atoms with Crippen LogP contribution in [-0.2, 0) is 4.74 Å². The quantitative estimate of drug-likeness (QED) is 0.727. The molecule has 0 saturated carbocycles. The summed E-state index contributed by atoms with van der Waals surface area (Å²) in [6.07, 6.45) is 1.58. The van der Waals surface area contributed by atoms with Gasteiger partial charge in [-0.3, -0.25) is 0 Å². The van der Waals surface area contributed by atoms with Gasteiger partial charge in [-0.25, -0.2) is 0 Å². The molecule has 1 N–H and O–H groups in total. The van der Waals surface area contributed by atoms with Gasteiger partial charge in [0.2, 0.25) is 0 Å². The van der Waals surface area contributed by atoms with Gasteiger partial charge in [0, 0.05) is 0 Å². The molecule has 0 aliphatic rings. The predicted molar refractivity (Wildman–Crippen MR) is 64.9 cm³/mol. The highest BCUT2D eigenvalue weighted by Gasteiger charge is 2.33. The third-order valence-corrected chi connectivity index (χ3v) is 3.24. The summed E-state index contributed by atoms with van der Waals surface area (Å²) < 4.78 is 5.76. The van der Waals surface area contributed by atoms with Gasteiger partial charge in [0.15, 0.2) is 5.60 Å². The van der Waals surface area contributed by atoms with Crippen LogP contribution in [-0.4, -0.2) is 22.9 Å². The maximum Gasteiger partial charge on any atom is 0.154 e. The molecule has 4 unspecified atom stereocenters. The molecule has 16 heavy (non-hydrogen) atoms. The predicted octanol–water partition coefficient (Wildman–Crippen LogP) is 2.88. The van der Waals surface area contributed by atoms with Gasteiger partial charge >= 0.3 is 0 Å². The summed E-state index contributed by atoms with van der Waals surface area (Å²) in [6.45, 7) is 9.69. The Morgan fingerprint density at radius 3 is 2.19 bits per heavy atom. The van der Waals surface area contributed by atoms with E-state index in [4.69, 9.17) is 4.74 Å². The van der Waals surface area contributed by atoms with Crippen LogP contribution >= 0.6 is 0 Å². The van der Waals surface area contributed by atoms with E-state index in [1.165, 1.54) is 0 Å². The molecule has 0 amide bonds. The first-order chi connectivity index (χ1) is 7.40. The number of hydrogen-bond donors (Lipinski definition) is 1. The van der Waals surface area contributed by atoms with Gasteiger partial charge in [-0.1, -0.05) is 27.2 Å². The third kappa shape index (κ3) is 4.51. The van der Waals surface area contributed by atoms with Crippen molar-refractivity contribution >= 4 is 0 Å². The molecule has 0 bridgehead atoms. The molecule has 0 fully saturated rings. The topological polar surface area (TPSA) is 53.2 Å². The maximum atomic E-state index is 9.43. The highest BCUT2D eigenvalue weighted by Crippen LogP contribution is 2.28. The van der Waals surface area contributed by atoms with Gasteiger partial charge in [-0.15, -0.1) is 0 Å². The second kappa shape index (κ2) is 6.88. The van der Waals surface area contributed by atoms with Crippen LogP contribution in [0.3, 0.4) is 0 Å². The van der Waals surface area contributed by atoms with Crippen LogP contribution in [0.5, 0.6) is 0 Å². The molecule has 4 atom stereocenters. The van der Waals surface area contributed by atoms with Gasteiger partial charge in [0.1, 0.15) is 0 Å². The van der Waals surface area contributed by atoms with E-state index in [2.05, 4.69) is 19.9 Å². The Kier molecular flexibility index (Phi) is 6.62. The summed E-state index contributed by atoms with van der Waals surface area (Å²) in [5.74, 6) is 0.459. The fourth-order valence-corrected chi connectivity index (χ4v) is 1.59. The average Bonchev–Trinajstić information content (AvgIpc) is 2.27. The Bertz CT molecular complexity index is 235. The zero-order valence-electron chi connectivity index (χ0n) is 11.2. The zero-order valence-corrected chi connectivity index (χ0v) is 11.2. The van der Waals surface area contributed by atoms with E-state index in [-0.39, 0.29) is 6.10 Å². The van der Waals surface area contributed by atoms with E-state index in [1.807, 2.05) is 13.8 Å². The molecule has 0 spiro atoms. The highest BCUT2D eigenvalue weighted by atomic mass is 16.5. The molecular formula is C13H25NO2. The molecule has 0 rings (SSSR count). The summed E-state index contributed by atoms with van der Waals surface area (Å²) in [7, 11) is 0. The highest BCUT2D eigenvalue weighted by molar-refractivity contribution is 5.02. The largest absolute Gasteiger partial charge is 0.391 e. The van der Waals surface area contributed by atoms with E-state index in [9.17, 15) is 10.4 Å². The standard InChI is InChI=1S/C13H25NO2/c1-6-10(3)8-13(7-2,9-14)16-12(5)11(4)15/h10-12,15H,6-8H2,1-5H3. The van der Waals surface area contributed by atoms with Gasteiger partial charge in [0.05, 0.1) is 18.3 Å². The first-order valence-electron chi connectivity index (χ1n) is 6.17. The van der Waals surface area contributed by atoms with Crippen LogP contribution in [0.15, 0.2) is 0 Å². The number of ether oxygens (including phenoxy) is 1. The molecule has 0 aromatic rings. The minimum atomic E-state index is -0.744. The van der Waals surface area contributed by atoms with Gasteiger partial charge in [-0.2, -0.15) is 5.26 Å². The summed E-state index contributed by atoms with van der Waals surface area (Å²) in [6, 6.07) is 2.28. The lowest BCUT2D eigenvalue weighted by atomic mass is 9.88. The molecule has 0 aliphatic carbocycles. The Morgan fingerprint density at radius 2 is 1.88 bits per heavy atom. The van der Waals surface area contributed by atoms with Crippen molar-refractivity contribution in [2.75, 3.05) is 0 Å². The van der Waals surface area contributed by atoms with Crippen LogP contribution in [0.2, 0.25) is 0 Å². The van der Waals surface area contributed by atoms with Crippen molar-refractivity contribution in [2.45, 2.75) is 71.7 Å². The smallest absolute Gasteiger partial charge is 0.154 e. The minimum Gasteiger partial charge on any atom is -0.391 e. The third-order valence-electron chi connectivity index (χ3n) is 3.24. The molecule has 0 heterocycles. The van der Waals surface area contributed by atoms with Crippen molar-refractivity contribution < 1.29 is 9.84 Å². The van der Waals surface area contributed by atoms with Gasteiger partial charge in [0.25, 0.3) is 0 Å². The van der Waals surface area contributed by atoms with Gasteiger partial charge in [-0.05, 0) is 32.6 Å². The van der Waals surface area contributed by atoms with E-state index >= 15 is 0 Å². The van der Waals surface area contributed by atoms with Crippen molar-refractivity contribution in [3.63, 3.8) is 0 Å². The fraction of sp³-hybridized carbons (Fsp3) is 0.923. The lowest BCUT2D eigenvalue weighted by Gasteiger charge is -2.32. The lowest BCUT2D eigenvalue weighted by Crippen LogP contribution is -2.39. The number of nitrogens with zero attached hydrogens (tertiary/aromatic N) is 1. The van der Waals surface area contributed by atoms with Gasteiger partial charge < -0.3 is 9.84 Å². The number of aliphatic hydroxyl groups excluding tert-OH is 1. The Hall–Kier alpha value is -0.590. The first kappa shape index (κ1) is 15.4. The number of rotatable bonds is 7. The van der Waals surface area contributed by atoms with Crippen LogP contribution in [0.1, 0.15) is 53.9 Å². The second-order valence-electron chi connectivity index (χ2n) is 4.74. The average molecular weight is 227 g/mol. The van der Waals surface area contributed by atoms with Crippen LogP contribution < -0.4 is 0 Å². The lowest BCUT2D eigenvalue weighted by molar-refractivity contribution is -0.105. The van der Waals surface area contributed by atoms with Crippen LogP contribution in [0.4, 0.5) is 0 Å². The minimum absolute atomic E-state index is 0.302. The Labute approximate surface area is 99.4 Å². The second-order valence-corrected chi connectivity index (χ2v) is 4.74. The van der Waals surface area contributed by atoms with Crippen LogP contribution in [0.25, 0.3) is 0 Å². The normalized spacial score (nSPS) is 20.6. The fourth-order valence-electron chi connectivity index (χ4n) is 1.59. The maximum absolute atomic E-state index is 9.43. The molecule has 0 aromatic heterocycles. The van der Waals surface area contributed by atoms with Crippen molar-refractivity contribution in [3.05, 3.63) is 0 Å². The molecule has 0 saturated heterocycles. The molecule has 3 heteroatoms. The molecule has 0 aromatic carbocycles. The SMILES string of the molecule is CCC(C)CC(C#N)(CC)OC(C)C(C)O. The molecule has 3 nitrogen and oxygen atoms in total. The Balaban J connectivity index is 4.63. The number of aliphatic hydroxyl groups is 1. The van der Waals surface area contributed by atoms with Crippen molar-refractivity contribution in [3.8, 4) is 6.07 Å². The molecule has 0 radical (unpaired) electrons. The van der Waals surface area contributed by atoms with E-state index in [0.717, 1.165) is 12.8 Å². The monoisotopic (exact) mass is 227 g/mol. The van der Waals surface area contributed by atoms with Crippen LogP contribution in [0, 0.1) is 17.2 Å². The van der Waals surface area contributed by atoms with Crippen molar-refractivity contribution in [1.29, 1.82) is 5.26 Å². The molecule has 94 valence electrons. The summed E-state index contributed by atoms with van der Waals surface area (Å²) >= 11 is 0. The molecular weight excluding hydrogens is 202 g/mol. The molecule has 0 aliphatic heterocycles. The van der Waals surface area contributed by atoms with E-state index < -0.39 is 11.7 Å². The van der Waals surface area contributed by atoms with E-state index in [0.29, 0.717) is 12.3 Å². The van der Waals surface area contributed by atoms with E-state index in [1.54, 1.807) is 6.92 Å². The summed E-state index contributed by atoms with van der Waals surface area (Å²) in [5.41, 5.74) is -0.744. The zero-order chi connectivity index (χ0) is 12.8. The number of nitriles is 1. The Morgan fingerprint density at radius 1 is 1.31 bits per heavy atom.